The Morgan fingerprint density at radius 1 is 1.28 bits per heavy atom. The highest BCUT2D eigenvalue weighted by atomic mass is 16.5. The summed E-state index contributed by atoms with van der Waals surface area (Å²) in [6.07, 6.45) is 2.16. The van der Waals surface area contributed by atoms with E-state index >= 15 is 0 Å². The van der Waals surface area contributed by atoms with Crippen molar-refractivity contribution in [3.63, 3.8) is 0 Å². The van der Waals surface area contributed by atoms with Crippen LogP contribution in [-0.4, -0.2) is 58.9 Å². The number of amides is 1. The third kappa shape index (κ3) is 3.62. The quantitative estimate of drug-likeness (QED) is 0.806. The molecule has 2 aromatic heterocycles. The molecule has 0 spiro atoms. The highest BCUT2D eigenvalue weighted by Gasteiger charge is 2.29. The topological polar surface area (TPSA) is 80.6 Å². The fourth-order valence-electron chi connectivity index (χ4n) is 2.72. The lowest BCUT2D eigenvalue weighted by Gasteiger charge is -2.17. The van der Waals surface area contributed by atoms with E-state index in [1.54, 1.807) is 36.3 Å². The zero-order valence-corrected chi connectivity index (χ0v) is 14.5. The predicted molar refractivity (Wildman–Crippen MR) is 93.0 cm³/mol. The van der Waals surface area contributed by atoms with Crippen LogP contribution < -0.4 is 15.2 Å². The normalized spacial score (nSPS) is 16.8. The number of hydrogen-bond acceptors (Lipinski definition) is 6. The van der Waals surface area contributed by atoms with Crippen LogP contribution in [0.4, 0.5) is 5.82 Å². The van der Waals surface area contributed by atoms with Crippen molar-refractivity contribution in [1.29, 1.82) is 0 Å². The van der Waals surface area contributed by atoms with Gasteiger partial charge in [0.2, 0.25) is 5.88 Å². The maximum Gasteiger partial charge on any atom is 0.263 e. The number of likely N-dealkylation sites (tertiary alicyclic amines) is 1. The van der Waals surface area contributed by atoms with Crippen LogP contribution in [0.25, 0.3) is 0 Å². The Morgan fingerprint density at radius 3 is 2.76 bits per heavy atom. The third-order valence-corrected chi connectivity index (χ3v) is 4.16. The van der Waals surface area contributed by atoms with Crippen molar-refractivity contribution < 1.29 is 9.53 Å². The molecule has 3 rings (SSSR count). The summed E-state index contributed by atoms with van der Waals surface area (Å²) in [6.45, 7) is 0.971. The second-order valence-electron chi connectivity index (χ2n) is 6.24. The smallest absolute Gasteiger partial charge is 0.263 e. The molecule has 132 valence electrons. The number of pyridine rings is 1. The first-order valence-corrected chi connectivity index (χ1v) is 8.08. The molecule has 0 unspecified atom stereocenters. The molecule has 1 atom stereocenters. The number of aromatic nitrogens is 3. The van der Waals surface area contributed by atoms with Gasteiger partial charge in [0.1, 0.15) is 11.7 Å². The van der Waals surface area contributed by atoms with Crippen LogP contribution >= 0.6 is 0 Å². The van der Waals surface area contributed by atoms with Crippen molar-refractivity contribution in [2.75, 3.05) is 32.1 Å². The summed E-state index contributed by atoms with van der Waals surface area (Å²) >= 11 is 0. The van der Waals surface area contributed by atoms with Crippen molar-refractivity contribution in [3.05, 3.63) is 46.4 Å². The zero-order chi connectivity index (χ0) is 18.0. The number of carbonyl (C=O) groups excluding carboxylic acids is 1. The Hall–Kier alpha value is -2.90. The highest BCUT2D eigenvalue weighted by molar-refractivity contribution is 5.94. The first kappa shape index (κ1) is 16.9. The highest BCUT2D eigenvalue weighted by Crippen LogP contribution is 2.18. The van der Waals surface area contributed by atoms with E-state index in [4.69, 9.17) is 4.74 Å². The van der Waals surface area contributed by atoms with Crippen LogP contribution in [0, 0.1) is 0 Å². The Balaban J connectivity index is 1.64. The lowest BCUT2D eigenvalue weighted by Crippen LogP contribution is -2.35. The molecule has 0 aromatic carbocycles. The number of rotatable bonds is 4. The summed E-state index contributed by atoms with van der Waals surface area (Å²) < 4.78 is 7.21. The van der Waals surface area contributed by atoms with Crippen molar-refractivity contribution in [3.8, 4) is 5.88 Å². The number of aryl methyl sites for hydroxylation is 1. The van der Waals surface area contributed by atoms with E-state index in [-0.39, 0.29) is 23.1 Å². The third-order valence-electron chi connectivity index (χ3n) is 4.16. The molecule has 1 aliphatic heterocycles. The van der Waals surface area contributed by atoms with E-state index in [1.165, 1.54) is 4.57 Å². The second-order valence-corrected chi connectivity index (χ2v) is 6.24. The van der Waals surface area contributed by atoms with E-state index < -0.39 is 0 Å². The van der Waals surface area contributed by atoms with Crippen molar-refractivity contribution >= 4 is 11.7 Å². The molecule has 1 amide bonds. The largest absolute Gasteiger partial charge is 0.471 e. The molecule has 3 heterocycles. The van der Waals surface area contributed by atoms with Crippen LogP contribution in [0.5, 0.6) is 5.88 Å². The molecule has 0 bridgehead atoms. The molecule has 8 heteroatoms. The Labute approximate surface area is 145 Å². The Bertz CT molecular complexity index is 816. The van der Waals surface area contributed by atoms with Gasteiger partial charge < -0.3 is 19.1 Å². The van der Waals surface area contributed by atoms with E-state index in [2.05, 4.69) is 10.2 Å². The van der Waals surface area contributed by atoms with Gasteiger partial charge in [-0.05, 0) is 18.2 Å². The van der Waals surface area contributed by atoms with E-state index in [0.29, 0.717) is 25.4 Å². The van der Waals surface area contributed by atoms with Crippen LogP contribution in [-0.2, 0) is 7.05 Å². The van der Waals surface area contributed by atoms with Gasteiger partial charge in [0.05, 0.1) is 6.54 Å². The monoisotopic (exact) mass is 343 g/mol. The van der Waals surface area contributed by atoms with Gasteiger partial charge in [-0.15, -0.1) is 10.2 Å². The SMILES string of the molecule is CN(C)c1ccc(O[C@H]2CCN(C(=O)c3cccn(C)c3=O)C2)nn1. The second kappa shape index (κ2) is 6.92. The summed E-state index contributed by atoms with van der Waals surface area (Å²) in [7, 11) is 5.41. The molecule has 1 aliphatic rings. The van der Waals surface area contributed by atoms with E-state index in [0.717, 1.165) is 5.82 Å². The average molecular weight is 343 g/mol. The van der Waals surface area contributed by atoms with Gasteiger partial charge in [0.15, 0.2) is 5.82 Å². The fourth-order valence-corrected chi connectivity index (χ4v) is 2.72. The van der Waals surface area contributed by atoms with Gasteiger partial charge in [-0.3, -0.25) is 9.59 Å². The van der Waals surface area contributed by atoms with Crippen LogP contribution in [0.1, 0.15) is 16.8 Å². The lowest BCUT2D eigenvalue weighted by molar-refractivity contribution is 0.0768. The molecule has 0 aliphatic carbocycles. The molecule has 1 saturated heterocycles. The van der Waals surface area contributed by atoms with Gasteiger partial charge in [-0.25, -0.2) is 0 Å². The molecule has 25 heavy (non-hydrogen) atoms. The molecule has 0 radical (unpaired) electrons. The fraction of sp³-hybridized carbons (Fsp3) is 0.412. The number of carbonyl (C=O) groups is 1. The maximum atomic E-state index is 12.6. The molecule has 8 nitrogen and oxygen atoms in total. The molecular formula is C17H21N5O3. The Morgan fingerprint density at radius 2 is 2.08 bits per heavy atom. The van der Waals surface area contributed by atoms with Crippen LogP contribution in [0.3, 0.4) is 0 Å². The summed E-state index contributed by atoms with van der Waals surface area (Å²) in [6, 6.07) is 6.85. The van der Waals surface area contributed by atoms with Crippen LogP contribution in [0.2, 0.25) is 0 Å². The summed E-state index contributed by atoms with van der Waals surface area (Å²) in [5, 5.41) is 8.12. The molecule has 1 fully saturated rings. The number of anilines is 1. The van der Waals surface area contributed by atoms with Crippen molar-refractivity contribution in [1.82, 2.24) is 19.7 Å². The van der Waals surface area contributed by atoms with Crippen molar-refractivity contribution in [2.24, 2.45) is 7.05 Å². The number of hydrogen-bond donors (Lipinski definition) is 0. The summed E-state index contributed by atoms with van der Waals surface area (Å²) in [4.78, 5) is 28.1. The zero-order valence-electron chi connectivity index (χ0n) is 14.5. The predicted octanol–water partition coefficient (Wildman–Crippen LogP) is 0.535. The number of ether oxygens (including phenoxy) is 1. The van der Waals surface area contributed by atoms with Gasteiger partial charge >= 0.3 is 0 Å². The van der Waals surface area contributed by atoms with Gasteiger partial charge in [-0.1, -0.05) is 0 Å². The minimum absolute atomic E-state index is 0.156. The summed E-state index contributed by atoms with van der Waals surface area (Å²) in [5.41, 5.74) is -0.109. The lowest BCUT2D eigenvalue weighted by atomic mass is 10.2. The molecule has 0 N–H and O–H groups in total. The van der Waals surface area contributed by atoms with Crippen LogP contribution in [0.15, 0.2) is 35.3 Å². The minimum atomic E-state index is -0.290. The average Bonchev–Trinajstić information content (AvgIpc) is 3.06. The first-order chi connectivity index (χ1) is 12.0. The van der Waals surface area contributed by atoms with Gasteiger partial charge in [-0.2, -0.15) is 0 Å². The standard InChI is InChI=1S/C17H21N5O3/c1-20(2)14-6-7-15(19-18-14)25-12-8-10-22(11-12)17(24)13-5-4-9-21(3)16(13)23/h4-7,9,12H,8,10-11H2,1-3H3/t12-/m0/s1. The molecular weight excluding hydrogens is 322 g/mol. The minimum Gasteiger partial charge on any atom is -0.471 e. The van der Waals surface area contributed by atoms with Crippen molar-refractivity contribution in [2.45, 2.75) is 12.5 Å². The maximum absolute atomic E-state index is 12.6. The number of nitrogens with zero attached hydrogens (tertiary/aromatic N) is 5. The van der Waals surface area contributed by atoms with E-state index in [9.17, 15) is 9.59 Å². The molecule has 0 saturated carbocycles. The van der Waals surface area contributed by atoms with Gasteiger partial charge in [0.25, 0.3) is 11.5 Å². The Kier molecular flexibility index (Phi) is 4.69. The summed E-state index contributed by atoms with van der Waals surface area (Å²) in [5.74, 6) is 0.914. The first-order valence-electron chi connectivity index (χ1n) is 8.08. The van der Waals surface area contributed by atoms with Gasteiger partial charge in [0, 0.05) is 46.4 Å². The molecule has 2 aromatic rings. The van der Waals surface area contributed by atoms with E-state index in [1.807, 2.05) is 25.1 Å².